The summed E-state index contributed by atoms with van der Waals surface area (Å²) in [4.78, 5) is 38.4. The number of allylic oxidation sites excluding steroid dienone is 6. The van der Waals surface area contributed by atoms with Crippen molar-refractivity contribution in [1.29, 1.82) is 0 Å². The van der Waals surface area contributed by atoms with Gasteiger partial charge in [0.25, 0.3) is 0 Å². The van der Waals surface area contributed by atoms with E-state index in [9.17, 15) is 14.4 Å². The highest BCUT2D eigenvalue weighted by atomic mass is 16.6. The first kappa shape index (κ1) is 73.6. The third kappa shape index (κ3) is 62.5. The van der Waals surface area contributed by atoms with Crippen LogP contribution in [0.2, 0.25) is 0 Å². The highest BCUT2D eigenvalue weighted by Crippen LogP contribution is 2.18. The van der Waals surface area contributed by atoms with E-state index in [0.717, 1.165) is 70.6 Å². The second-order valence-electron chi connectivity index (χ2n) is 23.1. The number of esters is 3. The van der Waals surface area contributed by atoms with Crippen molar-refractivity contribution < 1.29 is 28.6 Å². The minimum absolute atomic E-state index is 0.0704. The quantitative estimate of drug-likeness (QED) is 0.0261. The second kappa shape index (κ2) is 65.2. The molecule has 0 saturated carbocycles. The third-order valence-corrected chi connectivity index (χ3v) is 15.4. The van der Waals surface area contributed by atoms with Crippen molar-refractivity contribution in [2.24, 2.45) is 0 Å². The number of unbranched alkanes of at least 4 members (excludes halogenated alkanes) is 46. The molecule has 0 aliphatic rings. The largest absolute Gasteiger partial charge is 0.462 e. The zero-order chi connectivity index (χ0) is 55.0. The van der Waals surface area contributed by atoms with Gasteiger partial charge in [0.15, 0.2) is 6.10 Å². The van der Waals surface area contributed by atoms with E-state index in [1.165, 1.54) is 263 Å². The molecule has 0 radical (unpaired) electrons. The fourth-order valence-corrected chi connectivity index (χ4v) is 10.2. The molecule has 0 fully saturated rings. The smallest absolute Gasteiger partial charge is 0.306 e. The Balaban J connectivity index is 4.30. The Morgan fingerprint density at radius 2 is 0.474 bits per heavy atom. The average molecular weight is 1070 g/mol. The summed E-state index contributed by atoms with van der Waals surface area (Å²) in [5, 5.41) is 0. The molecule has 0 bridgehead atoms. The molecule has 0 rings (SSSR count). The molecule has 0 aromatic carbocycles. The monoisotopic (exact) mass is 1070 g/mol. The molecule has 0 aliphatic carbocycles. The Bertz CT molecular complexity index is 1270. The first-order valence-corrected chi connectivity index (χ1v) is 34.0. The average Bonchev–Trinajstić information content (AvgIpc) is 3.42. The lowest BCUT2D eigenvalue weighted by atomic mass is 10.0. The summed E-state index contributed by atoms with van der Waals surface area (Å²) >= 11 is 0. The second-order valence-corrected chi connectivity index (χ2v) is 23.1. The molecule has 0 heterocycles. The Labute approximate surface area is 474 Å². The summed E-state index contributed by atoms with van der Waals surface area (Å²) in [5.74, 6) is -0.851. The van der Waals surface area contributed by atoms with Gasteiger partial charge in [0.05, 0.1) is 0 Å². The van der Waals surface area contributed by atoms with Gasteiger partial charge in [-0.05, 0) is 77.0 Å². The fraction of sp³-hybridized carbons (Fsp3) is 0.871. The van der Waals surface area contributed by atoms with Gasteiger partial charge in [-0.2, -0.15) is 0 Å². The normalized spacial score (nSPS) is 12.2. The molecule has 0 aromatic heterocycles. The molecule has 0 saturated heterocycles. The highest BCUT2D eigenvalue weighted by molar-refractivity contribution is 5.71. The molecule has 1 atom stereocenters. The van der Waals surface area contributed by atoms with E-state index in [1.807, 2.05) is 0 Å². The molecular weight excluding hydrogens is 937 g/mol. The van der Waals surface area contributed by atoms with E-state index in [4.69, 9.17) is 14.2 Å². The van der Waals surface area contributed by atoms with Crippen LogP contribution in [0.5, 0.6) is 0 Å². The molecule has 0 spiro atoms. The van der Waals surface area contributed by atoms with Crippen LogP contribution in [0, 0.1) is 0 Å². The molecule has 0 amide bonds. The van der Waals surface area contributed by atoms with Crippen LogP contribution in [0.1, 0.15) is 374 Å². The SMILES string of the molecule is CCCCC/C=C\C/C=C\CCCCCCCCCC(=O)OCC(COC(=O)CCCCCCCCCCCCC/C=C\CCCCCCCCCC)OC(=O)CCCCCCCCCCCCCCCCCCCC. The van der Waals surface area contributed by atoms with E-state index in [0.29, 0.717) is 19.3 Å². The van der Waals surface area contributed by atoms with E-state index in [2.05, 4.69) is 57.2 Å². The van der Waals surface area contributed by atoms with Crippen LogP contribution in [-0.2, 0) is 28.6 Å². The molecule has 76 heavy (non-hydrogen) atoms. The summed E-state index contributed by atoms with van der Waals surface area (Å²) in [6.07, 6.45) is 80.1. The predicted octanol–water partition coefficient (Wildman–Crippen LogP) is 23.2. The number of carbonyl (C=O) groups is 3. The Morgan fingerprint density at radius 3 is 0.763 bits per heavy atom. The number of rotatable bonds is 63. The Kier molecular flexibility index (Phi) is 63.1. The fourth-order valence-electron chi connectivity index (χ4n) is 10.2. The number of ether oxygens (including phenoxy) is 3. The molecule has 1 unspecified atom stereocenters. The van der Waals surface area contributed by atoms with Gasteiger partial charge < -0.3 is 14.2 Å². The lowest BCUT2D eigenvalue weighted by Gasteiger charge is -2.18. The Hall–Kier alpha value is -2.37. The number of carbonyl (C=O) groups excluding carboxylic acids is 3. The van der Waals surface area contributed by atoms with Crippen LogP contribution >= 0.6 is 0 Å². The van der Waals surface area contributed by atoms with Crippen LogP contribution in [-0.4, -0.2) is 37.2 Å². The number of hydrogen-bond acceptors (Lipinski definition) is 6. The van der Waals surface area contributed by atoms with E-state index in [-0.39, 0.29) is 31.1 Å². The van der Waals surface area contributed by atoms with Gasteiger partial charge in [0.1, 0.15) is 13.2 Å². The van der Waals surface area contributed by atoms with Crippen molar-refractivity contribution in [1.82, 2.24) is 0 Å². The van der Waals surface area contributed by atoms with Crippen molar-refractivity contribution in [2.75, 3.05) is 13.2 Å². The molecule has 6 nitrogen and oxygen atoms in total. The lowest BCUT2D eigenvalue weighted by Crippen LogP contribution is -2.30. The van der Waals surface area contributed by atoms with Gasteiger partial charge >= 0.3 is 17.9 Å². The first-order valence-electron chi connectivity index (χ1n) is 34.0. The molecule has 0 aromatic rings. The summed E-state index contributed by atoms with van der Waals surface area (Å²) in [6.45, 7) is 6.68. The maximum Gasteiger partial charge on any atom is 0.306 e. The van der Waals surface area contributed by atoms with Crippen molar-refractivity contribution in [2.45, 2.75) is 380 Å². The minimum Gasteiger partial charge on any atom is -0.462 e. The van der Waals surface area contributed by atoms with E-state index in [1.54, 1.807) is 0 Å². The van der Waals surface area contributed by atoms with Gasteiger partial charge in [0.2, 0.25) is 0 Å². The van der Waals surface area contributed by atoms with E-state index < -0.39 is 6.10 Å². The zero-order valence-corrected chi connectivity index (χ0v) is 51.3. The molecule has 0 N–H and O–H groups in total. The van der Waals surface area contributed by atoms with Gasteiger partial charge in [0, 0.05) is 19.3 Å². The summed E-state index contributed by atoms with van der Waals surface area (Å²) in [7, 11) is 0. The van der Waals surface area contributed by atoms with Gasteiger partial charge in [-0.1, -0.05) is 314 Å². The lowest BCUT2D eigenvalue weighted by molar-refractivity contribution is -0.167. The van der Waals surface area contributed by atoms with Gasteiger partial charge in [-0.3, -0.25) is 14.4 Å². The number of hydrogen-bond donors (Lipinski definition) is 0. The zero-order valence-electron chi connectivity index (χ0n) is 51.3. The van der Waals surface area contributed by atoms with Gasteiger partial charge in [-0.15, -0.1) is 0 Å². The van der Waals surface area contributed by atoms with Crippen LogP contribution < -0.4 is 0 Å². The van der Waals surface area contributed by atoms with Crippen molar-refractivity contribution >= 4 is 17.9 Å². The maximum atomic E-state index is 12.9. The summed E-state index contributed by atoms with van der Waals surface area (Å²) < 4.78 is 17.0. The first-order chi connectivity index (χ1) is 37.5. The minimum atomic E-state index is -0.774. The topological polar surface area (TPSA) is 78.9 Å². The summed E-state index contributed by atoms with van der Waals surface area (Å²) in [5.41, 5.74) is 0. The van der Waals surface area contributed by atoms with Crippen LogP contribution in [0.25, 0.3) is 0 Å². The molecular formula is C70H130O6. The summed E-state index contributed by atoms with van der Waals surface area (Å²) in [6, 6.07) is 0. The van der Waals surface area contributed by atoms with Crippen LogP contribution in [0.15, 0.2) is 36.5 Å². The van der Waals surface area contributed by atoms with Crippen LogP contribution in [0.3, 0.4) is 0 Å². The van der Waals surface area contributed by atoms with Gasteiger partial charge in [-0.25, -0.2) is 0 Å². The van der Waals surface area contributed by atoms with Crippen molar-refractivity contribution in [3.63, 3.8) is 0 Å². The maximum absolute atomic E-state index is 12.9. The third-order valence-electron chi connectivity index (χ3n) is 15.4. The van der Waals surface area contributed by atoms with Crippen molar-refractivity contribution in [3.8, 4) is 0 Å². The predicted molar refractivity (Wildman–Crippen MR) is 330 cm³/mol. The molecule has 6 heteroatoms. The molecule has 0 aliphatic heterocycles. The highest BCUT2D eigenvalue weighted by Gasteiger charge is 2.19. The molecule has 446 valence electrons. The van der Waals surface area contributed by atoms with E-state index >= 15 is 0 Å². The van der Waals surface area contributed by atoms with Crippen LogP contribution in [0.4, 0.5) is 0 Å². The Morgan fingerprint density at radius 1 is 0.263 bits per heavy atom. The standard InChI is InChI=1S/C70H130O6/c1-4-7-10-13-16-19-22-25-28-31-33-34-35-36-37-40-42-45-48-51-54-57-60-63-69(72)75-66-67(65-74-68(71)62-59-56-53-50-47-44-41-38-30-27-24-21-18-15-12-9-6-3)76-70(73)64-61-58-55-52-49-46-43-39-32-29-26-23-20-17-14-11-8-5-2/h18,21,27,30-31,33,67H,4-17,19-20,22-26,28-29,32,34-66H2,1-3H3/b21-18-,30-27-,33-31-. The van der Waals surface area contributed by atoms with Crippen molar-refractivity contribution in [3.05, 3.63) is 36.5 Å².